The van der Waals surface area contributed by atoms with Gasteiger partial charge in [-0.25, -0.2) is 5.84 Å². The third-order valence-corrected chi connectivity index (χ3v) is 1.36. The molecule has 1 aromatic heterocycles. The molecule has 0 amide bonds. The summed E-state index contributed by atoms with van der Waals surface area (Å²) in [5, 5.41) is 0. The molecule has 10 heteroatoms. The van der Waals surface area contributed by atoms with Crippen LogP contribution in [0, 0.1) is 0 Å². The molecule has 96 valence electrons. The number of nitrogen functional groups attached to an aromatic ring is 1. The number of hydrazine groups is 1. The van der Waals surface area contributed by atoms with Crippen molar-refractivity contribution in [1.29, 1.82) is 0 Å². The molecule has 0 radical (unpaired) electrons. The first-order valence-electron chi connectivity index (χ1n) is 4.49. The van der Waals surface area contributed by atoms with Crippen LogP contribution in [-0.2, 0) is 0 Å². The van der Waals surface area contributed by atoms with Crippen molar-refractivity contribution in [1.82, 2.24) is 15.0 Å². The van der Waals surface area contributed by atoms with Crippen LogP contribution >= 0.6 is 0 Å². The highest BCUT2D eigenvalue weighted by Crippen LogP contribution is 2.17. The topological polar surface area (TPSA) is 95.2 Å². The molecule has 1 rings (SSSR count). The van der Waals surface area contributed by atoms with Gasteiger partial charge in [0, 0.05) is 0 Å². The molecule has 7 nitrogen and oxygen atoms in total. The number of hydrogen-bond acceptors (Lipinski definition) is 7. The second-order valence-corrected chi connectivity index (χ2v) is 2.71. The molecule has 0 bridgehead atoms. The van der Waals surface area contributed by atoms with Crippen LogP contribution in [0.25, 0.3) is 0 Å². The zero-order valence-electron chi connectivity index (χ0n) is 8.78. The molecule has 1 aromatic rings. The van der Waals surface area contributed by atoms with E-state index in [2.05, 4.69) is 25.1 Å². The Morgan fingerprint density at radius 2 is 1.76 bits per heavy atom. The van der Waals surface area contributed by atoms with Crippen LogP contribution in [-0.4, -0.2) is 34.3 Å². The fourth-order valence-corrected chi connectivity index (χ4v) is 0.807. The van der Waals surface area contributed by atoms with E-state index in [-0.39, 0.29) is 18.6 Å². The summed E-state index contributed by atoms with van der Waals surface area (Å²) in [6.07, 6.45) is -4.48. The molecule has 0 fully saturated rings. The number of halogens is 3. The number of aromatic nitrogens is 3. The summed E-state index contributed by atoms with van der Waals surface area (Å²) in [5.41, 5.74) is 2.06. The van der Waals surface area contributed by atoms with E-state index in [0.717, 1.165) is 0 Å². The van der Waals surface area contributed by atoms with E-state index in [0.29, 0.717) is 0 Å². The smallest absolute Gasteiger partial charge is 0.422 e. The maximum absolute atomic E-state index is 11.9. The molecule has 17 heavy (non-hydrogen) atoms. The predicted octanol–water partition coefficient (Wildman–Crippen LogP) is 0.497. The average molecular weight is 253 g/mol. The van der Waals surface area contributed by atoms with Crippen molar-refractivity contribution in [3.8, 4) is 12.0 Å². The quantitative estimate of drug-likeness (QED) is 0.582. The van der Waals surface area contributed by atoms with Crippen molar-refractivity contribution < 1.29 is 22.6 Å². The molecule has 1 heterocycles. The highest BCUT2D eigenvalue weighted by Gasteiger charge is 2.29. The number of nitrogens with zero attached hydrogens (tertiary/aromatic N) is 3. The van der Waals surface area contributed by atoms with Gasteiger partial charge >= 0.3 is 18.2 Å². The molecule has 3 N–H and O–H groups in total. The van der Waals surface area contributed by atoms with Crippen molar-refractivity contribution in [2.24, 2.45) is 5.84 Å². The van der Waals surface area contributed by atoms with Crippen molar-refractivity contribution in [3.63, 3.8) is 0 Å². The average Bonchev–Trinajstić information content (AvgIpc) is 2.25. The van der Waals surface area contributed by atoms with E-state index in [1.807, 2.05) is 0 Å². The lowest BCUT2D eigenvalue weighted by atomic mass is 10.7. The monoisotopic (exact) mass is 253 g/mol. The van der Waals surface area contributed by atoms with Gasteiger partial charge in [-0.05, 0) is 6.92 Å². The molecule has 0 aliphatic heterocycles. The molecule has 0 spiro atoms. The lowest BCUT2D eigenvalue weighted by Gasteiger charge is -2.09. The van der Waals surface area contributed by atoms with Crippen LogP contribution in [0.3, 0.4) is 0 Å². The van der Waals surface area contributed by atoms with E-state index in [9.17, 15) is 13.2 Å². The Bertz CT molecular complexity index is 373. The Labute approximate surface area is 94.1 Å². The van der Waals surface area contributed by atoms with Crippen LogP contribution in [0.5, 0.6) is 12.0 Å². The fourth-order valence-electron chi connectivity index (χ4n) is 0.807. The number of rotatable bonds is 5. The molecular formula is C7H10F3N5O2. The Morgan fingerprint density at radius 1 is 1.18 bits per heavy atom. The summed E-state index contributed by atoms with van der Waals surface area (Å²) in [5.74, 6) is 4.88. The minimum Gasteiger partial charge on any atom is -0.464 e. The highest BCUT2D eigenvalue weighted by atomic mass is 19.4. The van der Waals surface area contributed by atoms with E-state index in [4.69, 9.17) is 10.6 Å². The summed E-state index contributed by atoms with van der Waals surface area (Å²) >= 11 is 0. The molecule has 0 unspecified atom stereocenters. The number of nitrogens with two attached hydrogens (primary N) is 1. The maximum Gasteiger partial charge on any atom is 0.422 e. The minimum atomic E-state index is -4.48. The van der Waals surface area contributed by atoms with E-state index in [1.54, 1.807) is 6.92 Å². The van der Waals surface area contributed by atoms with Gasteiger partial charge in [-0.1, -0.05) is 0 Å². The minimum absolute atomic E-state index is 0.152. The van der Waals surface area contributed by atoms with Gasteiger partial charge < -0.3 is 9.47 Å². The van der Waals surface area contributed by atoms with Gasteiger partial charge in [0.1, 0.15) is 0 Å². The lowest BCUT2D eigenvalue weighted by Crippen LogP contribution is -2.21. The van der Waals surface area contributed by atoms with Crippen LogP contribution < -0.4 is 20.7 Å². The standard InChI is InChI=1S/C7H10F3N5O2/c1-2-16-5-12-4(15-11)13-6(14-5)17-3-7(8,9)10/h2-3,11H2,1H3,(H,12,13,14,15). The lowest BCUT2D eigenvalue weighted by molar-refractivity contribution is -0.154. The molecule has 0 aromatic carbocycles. The highest BCUT2D eigenvalue weighted by molar-refractivity contribution is 5.25. The fraction of sp³-hybridized carbons (Fsp3) is 0.571. The first-order valence-corrected chi connectivity index (χ1v) is 4.49. The first kappa shape index (κ1) is 13.2. The van der Waals surface area contributed by atoms with Gasteiger partial charge in [-0.3, -0.25) is 5.43 Å². The molecule has 0 atom stereocenters. The van der Waals surface area contributed by atoms with Crippen molar-refractivity contribution >= 4 is 5.95 Å². The van der Waals surface area contributed by atoms with Gasteiger partial charge in [0.25, 0.3) is 0 Å². The van der Waals surface area contributed by atoms with Crippen LogP contribution in [0.1, 0.15) is 6.92 Å². The van der Waals surface area contributed by atoms with Gasteiger partial charge in [-0.15, -0.1) is 4.98 Å². The molecule has 0 aliphatic rings. The number of nitrogens with one attached hydrogen (secondary N) is 1. The van der Waals surface area contributed by atoms with Crippen molar-refractivity contribution in [2.45, 2.75) is 13.1 Å². The molecule has 0 aliphatic carbocycles. The molecule has 0 saturated carbocycles. The van der Waals surface area contributed by atoms with Gasteiger partial charge in [0.2, 0.25) is 5.95 Å². The Balaban J connectivity index is 2.79. The number of alkyl halides is 3. The Kier molecular flexibility index (Phi) is 4.26. The van der Waals surface area contributed by atoms with Gasteiger partial charge in [-0.2, -0.15) is 23.1 Å². The van der Waals surface area contributed by atoms with Gasteiger partial charge in [0.15, 0.2) is 6.61 Å². The van der Waals surface area contributed by atoms with Gasteiger partial charge in [0.05, 0.1) is 6.61 Å². The summed E-state index contributed by atoms with van der Waals surface area (Å²) in [6.45, 7) is 0.398. The summed E-state index contributed by atoms with van der Waals surface area (Å²) in [7, 11) is 0. The first-order chi connectivity index (χ1) is 7.94. The zero-order chi connectivity index (χ0) is 12.9. The number of hydrogen-bond donors (Lipinski definition) is 2. The van der Waals surface area contributed by atoms with Crippen molar-refractivity contribution in [3.05, 3.63) is 0 Å². The number of anilines is 1. The SMILES string of the molecule is CCOc1nc(NN)nc(OCC(F)(F)F)n1. The van der Waals surface area contributed by atoms with E-state index >= 15 is 0 Å². The van der Waals surface area contributed by atoms with Crippen molar-refractivity contribution in [2.75, 3.05) is 18.6 Å². The summed E-state index contributed by atoms with van der Waals surface area (Å²) in [4.78, 5) is 10.6. The third kappa shape index (κ3) is 4.68. The maximum atomic E-state index is 11.9. The number of ether oxygens (including phenoxy) is 2. The summed E-state index contributed by atoms with van der Waals surface area (Å²) in [6, 6.07) is -0.693. The van der Waals surface area contributed by atoms with Crippen LogP contribution in [0.2, 0.25) is 0 Å². The predicted molar refractivity (Wildman–Crippen MR) is 50.4 cm³/mol. The summed E-state index contributed by atoms with van der Waals surface area (Å²) < 4.78 is 45.0. The Hall–Kier alpha value is -1.84. The zero-order valence-corrected chi connectivity index (χ0v) is 8.78. The third-order valence-electron chi connectivity index (χ3n) is 1.36. The normalized spacial score (nSPS) is 11.1. The molecular weight excluding hydrogens is 243 g/mol. The van der Waals surface area contributed by atoms with Crippen LogP contribution in [0.15, 0.2) is 0 Å². The van der Waals surface area contributed by atoms with Crippen LogP contribution in [0.4, 0.5) is 19.1 Å². The Morgan fingerprint density at radius 3 is 2.24 bits per heavy atom. The van der Waals surface area contributed by atoms with E-state index in [1.165, 1.54) is 0 Å². The largest absolute Gasteiger partial charge is 0.464 e. The second-order valence-electron chi connectivity index (χ2n) is 2.71. The second kappa shape index (κ2) is 5.48. The molecule has 0 saturated heterocycles. The van der Waals surface area contributed by atoms with E-state index < -0.39 is 18.8 Å².